The number of aliphatic carboxylic acids is 1. The number of rotatable bonds is 12. The van der Waals surface area contributed by atoms with E-state index in [0.29, 0.717) is 25.9 Å². The highest BCUT2D eigenvalue weighted by Gasteiger charge is 2.61. The van der Waals surface area contributed by atoms with Crippen molar-refractivity contribution in [1.29, 1.82) is 0 Å². The SMILES string of the molecule is CCOC(C(=O)O)N(C)CC12CN(S(=O)(=O)c3cc4cc(Cl)ccc4n3S(=O)(=O)c3ccccc3)CC(=O)N1CC1(CCN(Cc3ccccc3)CC1)O2. The summed E-state index contributed by atoms with van der Waals surface area (Å²) in [5.74, 6) is -1.81. The van der Waals surface area contributed by atoms with Crippen LogP contribution in [0.1, 0.15) is 25.3 Å². The normalized spacial score (nSPS) is 21.6. The maximum atomic E-state index is 14.9. The molecule has 2 unspecified atom stereocenters. The third-order valence-corrected chi connectivity index (χ3v) is 14.3. The van der Waals surface area contributed by atoms with Crippen molar-refractivity contribution < 1.29 is 41.0 Å². The minimum atomic E-state index is -4.76. The summed E-state index contributed by atoms with van der Waals surface area (Å²) in [4.78, 5) is 31.6. The van der Waals surface area contributed by atoms with Crippen LogP contribution >= 0.6 is 11.6 Å². The lowest BCUT2D eigenvalue weighted by Crippen LogP contribution is -2.68. The Hall–Kier alpha value is -3.87. The molecule has 3 fully saturated rings. The lowest BCUT2D eigenvalue weighted by Gasteiger charge is -2.47. The summed E-state index contributed by atoms with van der Waals surface area (Å²) in [7, 11) is -7.73. The predicted molar refractivity (Wildman–Crippen MR) is 200 cm³/mol. The fourth-order valence-electron chi connectivity index (χ4n) is 7.89. The van der Waals surface area contributed by atoms with E-state index in [2.05, 4.69) is 17.0 Å². The smallest absolute Gasteiger partial charge is 0.348 e. The summed E-state index contributed by atoms with van der Waals surface area (Å²) in [5, 5.41) is 10.00. The van der Waals surface area contributed by atoms with E-state index in [0.717, 1.165) is 20.4 Å². The first kappa shape index (κ1) is 38.4. The number of amides is 1. The molecule has 17 heteroatoms. The Kier molecular flexibility index (Phi) is 10.4. The molecule has 0 aliphatic carbocycles. The summed E-state index contributed by atoms with van der Waals surface area (Å²) in [5.41, 5.74) is -1.23. The molecule has 1 N–H and O–H groups in total. The Labute approximate surface area is 319 Å². The molecule has 3 aliphatic rings. The topological polar surface area (TPSA) is 159 Å². The van der Waals surface area contributed by atoms with Crippen LogP contribution in [-0.2, 0) is 45.7 Å². The van der Waals surface area contributed by atoms with Crippen LogP contribution in [0.5, 0.6) is 0 Å². The summed E-state index contributed by atoms with van der Waals surface area (Å²) < 4.78 is 72.4. The summed E-state index contributed by atoms with van der Waals surface area (Å²) in [6.07, 6.45) is -0.329. The van der Waals surface area contributed by atoms with Crippen LogP contribution in [0.25, 0.3) is 10.9 Å². The number of aromatic nitrogens is 1. The zero-order chi connectivity index (χ0) is 38.5. The molecule has 0 radical (unpaired) electrons. The average Bonchev–Trinajstić information content (AvgIpc) is 3.69. The van der Waals surface area contributed by atoms with Gasteiger partial charge in [0.05, 0.1) is 42.2 Å². The van der Waals surface area contributed by atoms with Crippen molar-refractivity contribution >= 4 is 54.4 Å². The van der Waals surface area contributed by atoms with Gasteiger partial charge in [0.15, 0.2) is 10.8 Å². The van der Waals surface area contributed by atoms with E-state index in [4.69, 9.17) is 21.1 Å². The van der Waals surface area contributed by atoms with E-state index in [1.165, 1.54) is 65.4 Å². The number of piperidine rings is 1. The zero-order valence-electron chi connectivity index (χ0n) is 29.9. The molecule has 1 aromatic heterocycles. The molecule has 3 aliphatic heterocycles. The van der Waals surface area contributed by atoms with Gasteiger partial charge in [0.2, 0.25) is 12.1 Å². The lowest BCUT2D eigenvalue weighted by molar-refractivity contribution is -0.200. The van der Waals surface area contributed by atoms with Gasteiger partial charge >= 0.3 is 5.97 Å². The average molecular weight is 800 g/mol. The fraction of sp³-hybridized carbons (Fsp3) is 0.405. The lowest BCUT2D eigenvalue weighted by atomic mass is 9.91. The Morgan fingerprint density at radius 2 is 1.63 bits per heavy atom. The van der Waals surface area contributed by atoms with Crippen LogP contribution in [0.4, 0.5) is 0 Å². The Morgan fingerprint density at radius 3 is 2.28 bits per heavy atom. The van der Waals surface area contributed by atoms with Gasteiger partial charge in [0.1, 0.15) is 0 Å². The summed E-state index contributed by atoms with van der Waals surface area (Å²) in [6, 6.07) is 23.1. The summed E-state index contributed by atoms with van der Waals surface area (Å²) in [6.45, 7) is 2.78. The first-order chi connectivity index (χ1) is 25.7. The first-order valence-electron chi connectivity index (χ1n) is 17.6. The maximum absolute atomic E-state index is 14.9. The fourth-order valence-corrected chi connectivity index (χ4v) is 11.6. The summed E-state index contributed by atoms with van der Waals surface area (Å²) >= 11 is 6.27. The molecule has 2 atom stereocenters. The van der Waals surface area contributed by atoms with E-state index in [1.807, 2.05) is 18.2 Å². The van der Waals surface area contributed by atoms with E-state index in [9.17, 15) is 31.5 Å². The monoisotopic (exact) mass is 799 g/mol. The number of sulfonamides is 1. The number of carboxylic acids is 1. The van der Waals surface area contributed by atoms with Gasteiger partial charge in [-0.15, -0.1) is 0 Å². The largest absolute Gasteiger partial charge is 0.478 e. The molecule has 1 spiro atoms. The van der Waals surface area contributed by atoms with Gasteiger partial charge in [-0.25, -0.2) is 25.6 Å². The number of hydrogen-bond donors (Lipinski definition) is 1. The van der Waals surface area contributed by atoms with Crippen molar-refractivity contribution in [3.8, 4) is 0 Å². The predicted octanol–water partition coefficient (Wildman–Crippen LogP) is 3.50. The van der Waals surface area contributed by atoms with E-state index < -0.39 is 67.6 Å². The van der Waals surface area contributed by atoms with E-state index >= 15 is 0 Å². The Balaban J connectivity index is 1.27. The molecular formula is C37H42ClN5O9S2. The third-order valence-electron chi connectivity index (χ3n) is 10.4. The number of hydrogen-bond acceptors (Lipinski definition) is 10. The third kappa shape index (κ3) is 7.05. The van der Waals surface area contributed by atoms with Crippen molar-refractivity contribution in [2.24, 2.45) is 0 Å². The van der Waals surface area contributed by atoms with Crippen LogP contribution in [0.3, 0.4) is 0 Å². The van der Waals surface area contributed by atoms with Crippen molar-refractivity contribution in [2.45, 2.75) is 53.8 Å². The zero-order valence-corrected chi connectivity index (χ0v) is 32.3. The maximum Gasteiger partial charge on any atom is 0.348 e. The van der Waals surface area contributed by atoms with Gasteiger partial charge in [-0.1, -0.05) is 60.1 Å². The van der Waals surface area contributed by atoms with E-state index in [-0.39, 0.29) is 40.5 Å². The van der Waals surface area contributed by atoms with Crippen LogP contribution in [0.2, 0.25) is 5.02 Å². The van der Waals surface area contributed by atoms with Gasteiger partial charge in [-0.05, 0) is 68.8 Å². The Bertz CT molecular complexity index is 2270. The minimum absolute atomic E-state index is 0.0839. The molecule has 3 aromatic carbocycles. The second-order valence-electron chi connectivity index (χ2n) is 14.1. The highest BCUT2D eigenvalue weighted by molar-refractivity contribution is 7.92. The molecule has 0 saturated carbocycles. The van der Waals surface area contributed by atoms with Crippen LogP contribution < -0.4 is 0 Å². The molecule has 4 heterocycles. The van der Waals surface area contributed by atoms with Gasteiger partial charge in [0.25, 0.3) is 20.0 Å². The number of likely N-dealkylation sites (tertiary alicyclic amines) is 1. The number of benzene rings is 3. The number of piperazine rings is 1. The first-order valence-corrected chi connectivity index (χ1v) is 20.9. The molecule has 288 valence electrons. The number of fused-ring (bicyclic) bond motifs is 2. The van der Waals surface area contributed by atoms with Crippen LogP contribution in [0, 0.1) is 0 Å². The van der Waals surface area contributed by atoms with Crippen molar-refractivity contribution in [1.82, 2.24) is 23.0 Å². The molecule has 4 aromatic rings. The van der Waals surface area contributed by atoms with Crippen molar-refractivity contribution in [3.05, 3.63) is 95.5 Å². The quantitative estimate of drug-likeness (QED) is 0.209. The number of carboxylic acid groups (broad SMARTS) is 1. The highest BCUT2D eigenvalue weighted by Crippen LogP contribution is 2.45. The second-order valence-corrected chi connectivity index (χ2v) is 18.2. The minimum Gasteiger partial charge on any atom is -0.478 e. The van der Waals surface area contributed by atoms with Crippen molar-refractivity contribution in [3.63, 3.8) is 0 Å². The van der Waals surface area contributed by atoms with Crippen LogP contribution in [-0.4, -0.2) is 127 Å². The van der Waals surface area contributed by atoms with Gasteiger partial charge in [-0.3, -0.25) is 14.6 Å². The van der Waals surface area contributed by atoms with Gasteiger partial charge in [-0.2, -0.15) is 4.31 Å². The number of carbonyl (C=O) groups excluding carboxylic acids is 1. The van der Waals surface area contributed by atoms with Gasteiger partial charge < -0.3 is 19.5 Å². The van der Waals surface area contributed by atoms with Crippen molar-refractivity contribution in [2.75, 3.05) is 52.9 Å². The molecular weight excluding hydrogens is 758 g/mol. The van der Waals surface area contributed by atoms with Crippen LogP contribution in [0.15, 0.2) is 94.9 Å². The molecule has 54 heavy (non-hydrogen) atoms. The number of ether oxygens (including phenoxy) is 2. The molecule has 3 saturated heterocycles. The standard InChI is InChI=1S/C37H42ClN5O9S2/c1-3-51-34(35(45)46)39(2)25-37-26-41(23-32(44)42(37)24-36(52-37)16-18-40(19-17-36)22-27-10-6-4-7-11-27)54(49,50)33-21-28-20-29(38)14-15-31(28)43(33)53(47,48)30-12-8-5-9-13-30/h4-15,20-21,34H,3,16-19,22-26H2,1-2H3,(H,45,46). The molecule has 0 bridgehead atoms. The number of likely N-dealkylation sites (N-methyl/N-ethyl adjacent to an activating group) is 1. The highest BCUT2D eigenvalue weighted by atomic mass is 35.5. The molecule has 7 rings (SSSR count). The van der Waals surface area contributed by atoms with Gasteiger partial charge in [0, 0.05) is 36.7 Å². The number of halogens is 1. The second kappa shape index (κ2) is 14.7. The molecule has 14 nitrogen and oxygen atoms in total. The van der Waals surface area contributed by atoms with E-state index in [1.54, 1.807) is 13.0 Å². The number of nitrogens with zero attached hydrogens (tertiary/aromatic N) is 5. The molecule has 1 amide bonds. The number of carbonyl (C=O) groups is 2. The Morgan fingerprint density at radius 1 is 0.963 bits per heavy atom.